The van der Waals surface area contributed by atoms with Crippen molar-refractivity contribution >= 4 is 17.9 Å². The van der Waals surface area contributed by atoms with Gasteiger partial charge in [-0.1, -0.05) is 121 Å². The molecule has 44 heavy (non-hydrogen) atoms. The van der Waals surface area contributed by atoms with Gasteiger partial charge in [0, 0.05) is 6.54 Å². The Kier molecular flexibility index (Phi) is 10.9. The summed E-state index contributed by atoms with van der Waals surface area (Å²) >= 11 is 0. The van der Waals surface area contributed by atoms with E-state index < -0.39 is 35.1 Å². The Labute approximate surface area is 260 Å². The van der Waals surface area contributed by atoms with E-state index in [1.807, 2.05) is 121 Å². The first kappa shape index (κ1) is 32.0. The number of amides is 3. The summed E-state index contributed by atoms with van der Waals surface area (Å²) in [4.78, 5) is 40.2. The van der Waals surface area contributed by atoms with Crippen LogP contribution in [0.4, 0.5) is 4.79 Å². The van der Waals surface area contributed by atoms with Crippen molar-refractivity contribution < 1.29 is 19.1 Å². The molecule has 228 valence electrons. The highest BCUT2D eigenvalue weighted by Crippen LogP contribution is 2.36. The molecule has 0 saturated carbocycles. The van der Waals surface area contributed by atoms with Crippen molar-refractivity contribution in [2.45, 2.75) is 57.2 Å². The van der Waals surface area contributed by atoms with E-state index in [2.05, 4.69) is 16.0 Å². The summed E-state index contributed by atoms with van der Waals surface area (Å²) in [6, 6.07) is 38.0. The second kappa shape index (κ2) is 15.0. The van der Waals surface area contributed by atoms with E-state index >= 15 is 0 Å². The smallest absolute Gasteiger partial charge is 0.408 e. The van der Waals surface area contributed by atoms with Gasteiger partial charge in [0.25, 0.3) is 0 Å². The maximum atomic E-state index is 14.0. The minimum absolute atomic E-state index is 0.294. The molecule has 0 fully saturated rings. The van der Waals surface area contributed by atoms with Crippen molar-refractivity contribution in [2.75, 3.05) is 6.54 Å². The predicted octanol–water partition coefficient (Wildman–Crippen LogP) is 6.13. The number of aryl methyl sites for hydroxylation is 1. The summed E-state index contributed by atoms with van der Waals surface area (Å²) < 4.78 is 5.43. The average molecular weight is 592 g/mol. The van der Waals surface area contributed by atoms with Crippen LogP contribution in [0, 0.1) is 0 Å². The molecular weight excluding hydrogens is 550 g/mol. The largest absolute Gasteiger partial charge is 0.444 e. The molecule has 4 aromatic rings. The highest BCUT2D eigenvalue weighted by atomic mass is 16.6. The molecule has 0 aliphatic rings. The van der Waals surface area contributed by atoms with Crippen molar-refractivity contribution in [3.05, 3.63) is 144 Å². The number of carbonyl (C=O) groups excluding carboxylic acids is 3. The summed E-state index contributed by atoms with van der Waals surface area (Å²) in [5.41, 5.74) is 1.91. The number of rotatable bonds is 12. The van der Waals surface area contributed by atoms with Gasteiger partial charge in [-0.2, -0.15) is 0 Å². The third-order valence-electron chi connectivity index (χ3n) is 7.13. The number of alkyl carbamates (subject to hydrolysis) is 1. The van der Waals surface area contributed by atoms with Gasteiger partial charge >= 0.3 is 6.09 Å². The van der Waals surface area contributed by atoms with Crippen LogP contribution in [0.2, 0.25) is 0 Å². The number of ether oxygens (including phenoxy) is 1. The molecule has 4 aromatic carbocycles. The molecule has 0 aromatic heterocycles. The Balaban J connectivity index is 1.59. The quantitative estimate of drug-likeness (QED) is 0.137. The standard InChI is InChI=1S/C37H41N3O4/c1-36(2,3)44-35(43)39-32(34(42)38-26-16-19-28-17-8-4-9-18-28)27-33(41)40-37(29-20-10-5-11-21-29,30-22-12-6-13-23-30)31-24-14-7-15-25-31/h4-15,17-18,20-25,32H,16,19,26-27H2,1-3H3,(H,38,42)(H,39,43)(H,40,41)/t32-/m1/s1. The second-order valence-electron chi connectivity index (χ2n) is 11.7. The first-order valence-corrected chi connectivity index (χ1v) is 15.0. The van der Waals surface area contributed by atoms with E-state index in [0.717, 1.165) is 23.1 Å². The topological polar surface area (TPSA) is 96.5 Å². The van der Waals surface area contributed by atoms with Gasteiger partial charge in [-0.3, -0.25) is 9.59 Å². The summed E-state index contributed by atoms with van der Waals surface area (Å²) in [6.07, 6.45) is 0.438. The average Bonchev–Trinajstić information content (AvgIpc) is 3.02. The molecule has 4 rings (SSSR count). The summed E-state index contributed by atoms with van der Waals surface area (Å²) in [5.74, 6) is -0.870. The first-order valence-electron chi connectivity index (χ1n) is 15.0. The van der Waals surface area contributed by atoms with E-state index in [-0.39, 0.29) is 6.42 Å². The van der Waals surface area contributed by atoms with Crippen LogP contribution >= 0.6 is 0 Å². The molecule has 3 N–H and O–H groups in total. The van der Waals surface area contributed by atoms with Gasteiger partial charge in [0.2, 0.25) is 11.8 Å². The Hall–Kier alpha value is -4.91. The highest BCUT2D eigenvalue weighted by molar-refractivity contribution is 5.91. The fourth-order valence-electron chi connectivity index (χ4n) is 5.16. The maximum absolute atomic E-state index is 14.0. The third kappa shape index (κ3) is 8.80. The summed E-state index contributed by atoms with van der Waals surface area (Å²) in [6.45, 7) is 5.62. The van der Waals surface area contributed by atoms with Crippen LogP contribution in [-0.2, 0) is 26.3 Å². The van der Waals surface area contributed by atoms with Crippen molar-refractivity contribution in [2.24, 2.45) is 0 Å². The molecule has 0 radical (unpaired) electrons. The van der Waals surface area contributed by atoms with Crippen LogP contribution < -0.4 is 16.0 Å². The Bertz CT molecular complexity index is 1390. The molecule has 0 bridgehead atoms. The summed E-state index contributed by atoms with van der Waals surface area (Å²) in [7, 11) is 0. The lowest BCUT2D eigenvalue weighted by atomic mass is 9.77. The lowest BCUT2D eigenvalue weighted by Gasteiger charge is -2.37. The van der Waals surface area contributed by atoms with Crippen LogP contribution in [-0.4, -0.2) is 36.1 Å². The summed E-state index contributed by atoms with van der Waals surface area (Å²) in [5, 5.41) is 8.79. The molecule has 0 aliphatic carbocycles. The van der Waals surface area contributed by atoms with Crippen molar-refractivity contribution in [3.8, 4) is 0 Å². The van der Waals surface area contributed by atoms with Gasteiger partial charge in [-0.15, -0.1) is 0 Å². The highest BCUT2D eigenvalue weighted by Gasteiger charge is 2.39. The molecule has 0 unspecified atom stereocenters. The number of hydrogen-bond acceptors (Lipinski definition) is 4. The number of carbonyl (C=O) groups is 3. The van der Waals surface area contributed by atoms with E-state index in [9.17, 15) is 14.4 Å². The Morgan fingerprint density at radius 3 is 1.59 bits per heavy atom. The normalized spacial score (nSPS) is 12.1. The molecule has 7 heteroatoms. The van der Waals surface area contributed by atoms with Gasteiger partial charge in [-0.05, 0) is 55.9 Å². The van der Waals surface area contributed by atoms with Gasteiger partial charge in [0.05, 0.1) is 6.42 Å². The van der Waals surface area contributed by atoms with Crippen LogP contribution in [0.3, 0.4) is 0 Å². The van der Waals surface area contributed by atoms with Gasteiger partial charge in [-0.25, -0.2) is 4.79 Å². The van der Waals surface area contributed by atoms with E-state index in [4.69, 9.17) is 4.74 Å². The molecule has 1 atom stereocenters. The van der Waals surface area contributed by atoms with Crippen LogP contribution in [0.5, 0.6) is 0 Å². The molecule has 0 heterocycles. The van der Waals surface area contributed by atoms with Crippen molar-refractivity contribution in [3.63, 3.8) is 0 Å². The number of nitrogens with one attached hydrogen (secondary N) is 3. The minimum atomic E-state index is -1.15. The molecule has 7 nitrogen and oxygen atoms in total. The van der Waals surface area contributed by atoms with Crippen molar-refractivity contribution in [1.29, 1.82) is 0 Å². The fraction of sp³-hybridized carbons (Fsp3) is 0.270. The van der Waals surface area contributed by atoms with Crippen molar-refractivity contribution in [1.82, 2.24) is 16.0 Å². The number of hydrogen-bond donors (Lipinski definition) is 3. The van der Waals surface area contributed by atoms with Gasteiger partial charge < -0.3 is 20.7 Å². The van der Waals surface area contributed by atoms with E-state index in [1.54, 1.807) is 20.8 Å². The molecule has 0 spiro atoms. The van der Waals surface area contributed by atoms with E-state index in [1.165, 1.54) is 5.56 Å². The van der Waals surface area contributed by atoms with Crippen LogP contribution in [0.15, 0.2) is 121 Å². The molecule has 3 amide bonds. The lowest BCUT2D eigenvalue weighted by Crippen LogP contribution is -2.53. The SMILES string of the molecule is CC(C)(C)OC(=O)N[C@H](CC(=O)NC(c1ccccc1)(c1ccccc1)c1ccccc1)C(=O)NCCCc1ccccc1. The van der Waals surface area contributed by atoms with Crippen LogP contribution in [0.1, 0.15) is 55.9 Å². The molecule has 0 aliphatic heterocycles. The second-order valence-corrected chi connectivity index (χ2v) is 11.7. The zero-order valence-electron chi connectivity index (χ0n) is 25.6. The zero-order valence-corrected chi connectivity index (χ0v) is 25.6. The molecular formula is C37H41N3O4. The fourth-order valence-corrected chi connectivity index (χ4v) is 5.16. The predicted molar refractivity (Wildman–Crippen MR) is 173 cm³/mol. The van der Waals surface area contributed by atoms with Crippen LogP contribution in [0.25, 0.3) is 0 Å². The van der Waals surface area contributed by atoms with E-state index in [0.29, 0.717) is 13.0 Å². The monoisotopic (exact) mass is 591 g/mol. The first-order chi connectivity index (χ1) is 21.2. The minimum Gasteiger partial charge on any atom is -0.444 e. The van der Waals surface area contributed by atoms with Gasteiger partial charge in [0.15, 0.2) is 0 Å². The zero-order chi connectivity index (χ0) is 31.4. The lowest BCUT2D eigenvalue weighted by molar-refractivity contribution is -0.129. The number of benzene rings is 4. The molecule has 0 saturated heterocycles. The van der Waals surface area contributed by atoms with Gasteiger partial charge in [0.1, 0.15) is 17.2 Å². The Morgan fingerprint density at radius 1 is 0.682 bits per heavy atom. The Morgan fingerprint density at radius 2 is 1.14 bits per heavy atom. The maximum Gasteiger partial charge on any atom is 0.408 e. The third-order valence-corrected chi connectivity index (χ3v) is 7.13.